The van der Waals surface area contributed by atoms with Crippen molar-refractivity contribution in [3.05, 3.63) is 30.0 Å². The molecule has 0 aliphatic carbocycles. The lowest BCUT2D eigenvalue weighted by atomic mass is 10.1. The number of hydrogen-bond acceptors (Lipinski definition) is 9. The van der Waals surface area contributed by atoms with E-state index < -0.39 is 5.91 Å². The van der Waals surface area contributed by atoms with Crippen molar-refractivity contribution in [3.8, 4) is 22.8 Å². The molecule has 1 aliphatic rings. The van der Waals surface area contributed by atoms with Crippen LogP contribution >= 0.6 is 23.1 Å². The van der Waals surface area contributed by atoms with Crippen LogP contribution in [0.2, 0.25) is 0 Å². The van der Waals surface area contributed by atoms with E-state index in [2.05, 4.69) is 20.7 Å². The maximum Gasteiger partial charge on any atom is 0.279 e. The molecule has 25 heavy (non-hydrogen) atoms. The predicted octanol–water partition coefficient (Wildman–Crippen LogP) is 2.94. The Morgan fingerprint density at radius 1 is 1.20 bits per heavy atom. The smallest absolute Gasteiger partial charge is 0.279 e. The fourth-order valence-electron chi connectivity index (χ4n) is 2.22. The highest BCUT2D eigenvalue weighted by atomic mass is 32.2. The molecular weight excluding hydrogens is 364 g/mol. The standard InChI is InChI=1S/C15H12N4O4S2/c1-24-15-18-17-14(25-15)16-13(20)9-7-11(23-19-9)8-2-3-10-12(6-8)22-5-4-21-10/h2-3,6-7H,4-5H2,1H3,(H,16,17,20). The SMILES string of the molecule is CSc1nnc(NC(=O)c2cc(-c3ccc4c(c3)OCCO4)on2)s1. The van der Waals surface area contributed by atoms with Crippen molar-refractivity contribution in [3.63, 3.8) is 0 Å². The van der Waals surface area contributed by atoms with Gasteiger partial charge in [-0.1, -0.05) is 28.3 Å². The second-order valence-electron chi connectivity index (χ2n) is 4.97. The van der Waals surface area contributed by atoms with Crippen LogP contribution in [0.5, 0.6) is 11.5 Å². The zero-order chi connectivity index (χ0) is 17.2. The van der Waals surface area contributed by atoms with Crippen molar-refractivity contribution in [1.29, 1.82) is 0 Å². The molecule has 1 amide bonds. The molecule has 0 fully saturated rings. The Labute approximate surface area is 150 Å². The third kappa shape index (κ3) is 3.30. The van der Waals surface area contributed by atoms with Gasteiger partial charge in [-0.3, -0.25) is 10.1 Å². The third-order valence-corrected chi connectivity index (χ3v) is 5.19. The molecule has 3 heterocycles. The Kier molecular flexibility index (Phi) is 4.28. The quantitative estimate of drug-likeness (QED) is 0.548. The first-order valence-electron chi connectivity index (χ1n) is 7.28. The molecule has 128 valence electrons. The summed E-state index contributed by atoms with van der Waals surface area (Å²) in [5.41, 5.74) is 0.905. The lowest BCUT2D eigenvalue weighted by molar-refractivity contribution is 0.101. The molecule has 8 nitrogen and oxygen atoms in total. The topological polar surface area (TPSA) is 99.4 Å². The second kappa shape index (κ2) is 6.73. The van der Waals surface area contributed by atoms with Gasteiger partial charge in [-0.15, -0.1) is 10.2 Å². The van der Waals surface area contributed by atoms with Crippen LogP contribution in [0, 0.1) is 0 Å². The number of nitrogens with zero attached hydrogens (tertiary/aromatic N) is 3. The normalized spacial score (nSPS) is 12.8. The highest BCUT2D eigenvalue weighted by molar-refractivity contribution is 8.00. The van der Waals surface area contributed by atoms with Crippen LogP contribution < -0.4 is 14.8 Å². The lowest BCUT2D eigenvalue weighted by Gasteiger charge is -2.18. The van der Waals surface area contributed by atoms with E-state index in [1.165, 1.54) is 23.1 Å². The van der Waals surface area contributed by atoms with Gasteiger partial charge < -0.3 is 14.0 Å². The van der Waals surface area contributed by atoms with Gasteiger partial charge in [0, 0.05) is 11.6 Å². The van der Waals surface area contributed by atoms with Crippen LogP contribution in [0.15, 0.2) is 33.1 Å². The molecule has 0 radical (unpaired) electrons. The van der Waals surface area contributed by atoms with Crippen molar-refractivity contribution in [1.82, 2.24) is 15.4 Å². The molecular formula is C15H12N4O4S2. The van der Waals surface area contributed by atoms with Gasteiger partial charge >= 0.3 is 0 Å². The summed E-state index contributed by atoms with van der Waals surface area (Å²) in [6, 6.07) is 6.99. The summed E-state index contributed by atoms with van der Waals surface area (Å²) >= 11 is 2.76. The number of aromatic nitrogens is 3. The number of benzene rings is 1. The van der Waals surface area contributed by atoms with Gasteiger partial charge in [-0.2, -0.15) is 0 Å². The molecule has 0 unspecified atom stereocenters. The van der Waals surface area contributed by atoms with E-state index in [1.54, 1.807) is 18.2 Å². The van der Waals surface area contributed by atoms with Crippen LogP contribution in [-0.4, -0.2) is 40.7 Å². The van der Waals surface area contributed by atoms with E-state index in [4.69, 9.17) is 14.0 Å². The number of amides is 1. The first-order valence-corrected chi connectivity index (χ1v) is 9.32. The Bertz CT molecular complexity index is 924. The van der Waals surface area contributed by atoms with Crippen LogP contribution in [0.3, 0.4) is 0 Å². The number of thioether (sulfide) groups is 1. The Morgan fingerprint density at radius 3 is 2.84 bits per heavy atom. The number of nitrogens with one attached hydrogen (secondary N) is 1. The molecule has 1 aliphatic heterocycles. The minimum atomic E-state index is -0.406. The van der Waals surface area contributed by atoms with Gasteiger partial charge in [0.05, 0.1) is 0 Å². The van der Waals surface area contributed by atoms with Crippen LogP contribution in [0.4, 0.5) is 5.13 Å². The van der Waals surface area contributed by atoms with Crippen LogP contribution in [0.25, 0.3) is 11.3 Å². The molecule has 0 bridgehead atoms. The van der Waals surface area contributed by atoms with E-state index >= 15 is 0 Å². The van der Waals surface area contributed by atoms with E-state index in [-0.39, 0.29) is 5.69 Å². The summed E-state index contributed by atoms with van der Waals surface area (Å²) in [6.45, 7) is 1.03. The summed E-state index contributed by atoms with van der Waals surface area (Å²) in [6.07, 6.45) is 1.89. The van der Waals surface area contributed by atoms with Gasteiger partial charge in [0.1, 0.15) is 13.2 Å². The Balaban J connectivity index is 1.52. The number of hydrogen-bond donors (Lipinski definition) is 1. The van der Waals surface area contributed by atoms with Crippen molar-refractivity contribution < 1.29 is 18.8 Å². The number of fused-ring (bicyclic) bond motifs is 1. The third-order valence-electron chi connectivity index (χ3n) is 3.37. The molecule has 3 aromatic rings. The molecule has 0 atom stereocenters. The average Bonchev–Trinajstić information content (AvgIpc) is 3.30. The summed E-state index contributed by atoms with van der Waals surface area (Å²) in [7, 11) is 0. The van der Waals surface area contributed by atoms with E-state index in [1.807, 2.05) is 12.3 Å². The van der Waals surface area contributed by atoms with Gasteiger partial charge in [-0.25, -0.2) is 0 Å². The number of anilines is 1. The van der Waals surface area contributed by atoms with E-state index in [0.29, 0.717) is 35.6 Å². The second-order valence-corrected chi connectivity index (χ2v) is 7.00. The van der Waals surface area contributed by atoms with E-state index in [0.717, 1.165) is 9.90 Å². The maximum absolute atomic E-state index is 12.2. The summed E-state index contributed by atoms with van der Waals surface area (Å²) in [5, 5.41) is 14.7. The largest absolute Gasteiger partial charge is 0.486 e. The number of carbonyl (C=O) groups excluding carboxylic acids is 1. The number of ether oxygens (including phenoxy) is 2. The number of carbonyl (C=O) groups is 1. The minimum Gasteiger partial charge on any atom is -0.486 e. The number of rotatable bonds is 4. The van der Waals surface area contributed by atoms with Crippen LogP contribution in [0.1, 0.15) is 10.5 Å². The van der Waals surface area contributed by atoms with Gasteiger partial charge in [0.15, 0.2) is 27.3 Å². The molecule has 4 rings (SSSR count). The molecule has 2 aromatic heterocycles. The highest BCUT2D eigenvalue weighted by Crippen LogP contribution is 2.34. The monoisotopic (exact) mass is 376 g/mol. The molecule has 0 saturated heterocycles. The Hall–Kier alpha value is -2.59. The average molecular weight is 376 g/mol. The van der Waals surface area contributed by atoms with Gasteiger partial charge in [-0.05, 0) is 24.5 Å². The summed E-state index contributed by atoms with van der Waals surface area (Å²) in [5.74, 6) is 1.39. The molecule has 10 heteroatoms. The summed E-state index contributed by atoms with van der Waals surface area (Å²) < 4.78 is 17.1. The Morgan fingerprint density at radius 2 is 2.04 bits per heavy atom. The molecule has 0 spiro atoms. The molecule has 1 aromatic carbocycles. The highest BCUT2D eigenvalue weighted by Gasteiger charge is 2.18. The summed E-state index contributed by atoms with van der Waals surface area (Å²) in [4.78, 5) is 12.2. The maximum atomic E-state index is 12.2. The molecule has 1 N–H and O–H groups in total. The van der Waals surface area contributed by atoms with Gasteiger partial charge in [0.2, 0.25) is 5.13 Å². The van der Waals surface area contributed by atoms with Gasteiger partial charge in [0.25, 0.3) is 5.91 Å². The molecule has 0 saturated carbocycles. The zero-order valence-corrected chi connectivity index (χ0v) is 14.6. The minimum absolute atomic E-state index is 0.158. The van der Waals surface area contributed by atoms with Crippen LogP contribution in [-0.2, 0) is 0 Å². The first kappa shape index (κ1) is 15.9. The van der Waals surface area contributed by atoms with Crippen molar-refractivity contribution >= 4 is 34.1 Å². The lowest BCUT2D eigenvalue weighted by Crippen LogP contribution is -2.15. The van der Waals surface area contributed by atoms with Crippen molar-refractivity contribution in [2.75, 3.05) is 24.8 Å². The fourth-order valence-corrected chi connectivity index (χ4v) is 3.38. The zero-order valence-electron chi connectivity index (χ0n) is 13.0. The fraction of sp³-hybridized carbons (Fsp3) is 0.200. The predicted molar refractivity (Wildman–Crippen MR) is 92.6 cm³/mol. The van der Waals surface area contributed by atoms with Crippen molar-refractivity contribution in [2.45, 2.75) is 4.34 Å². The van der Waals surface area contributed by atoms with E-state index in [9.17, 15) is 4.79 Å². The van der Waals surface area contributed by atoms with Crippen molar-refractivity contribution in [2.24, 2.45) is 0 Å². The first-order chi connectivity index (χ1) is 12.2.